The van der Waals surface area contributed by atoms with Gasteiger partial charge in [0.2, 0.25) is 0 Å². The van der Waals surface area contributed by atoms with Crippen molar-refractivity contribution in [3.8, 4) is 0 Å². The second-order valence-corrected chi connectivity index (χ2v) is 5.27. The second-order valence-electron chi connectivity index (χ2n) is 5.27. The van der Waals surface area contributed by atoms with Crippen LogP contribution in [0, 0.1) is 5.82 Å². The molecule has 10 heteroatoms. The molecule has 9 nitrogen and oxygen atoms in total. The van der Waals surface area contributed by atoms with Gasteiger partial charge < -0.3 is 24.7 Å². The van der Waals surface area contributed by atoms with Gasteiger partial charge in [-0.2, -0.15) is 4.98 Å². The van der Waals surface area contributed by atoms with E-state index in [0.717, 1.165) is 10.8 Å². The first-order chi connectivity index (χ1) is 11.4. The van der Waals surface area contributed by atoms with Gasteiger partial charge in [0.15, 0.2) is 23.6 Å². The molecule has 24 heavy (non-hydrogen) atoms. The zero-order valence-electron chi connectivity index (χ0n) is 12.4. The lowest BCUT2D eigenvalue weighted by atomic mass is 10.1. The van der Waals surface area contributed by atoms with Crippen molar-refractivity contribution in [2.24, 2.45) is 0 Å². The molecule has 0 saturated carbocycles. The Morgan fingerprint density at radius 3 is 2.75 bits per heavy atom. The van der Waals surface area contributed by atoms with Crippen LogP contribution < -0.4 is 11.0 Å². The van der Waals surface area contributed by atoms with Crippen LogP contribution in [0.4, 0.5) is 10.2 Å². The van der Waals surface area contributed by atoms with Gasteiger partial charge in [0.1, 0.15) is 12.2 Å². The van der Waals surface area contributed by atoms with E-state index in [0.29, 0.717) is 0 Å². The van der Waals surface area contributed by atoms with E-state index in [1.54, 1.807) is 0 Å². The van der Waals surface area contributed by atoms with Gasteiger partial charge >= 0.3 is 5.69 Å². The number of aromatic nitrogens is 2. The highest BCUT2D eigenvalue weighted by Gasteiger charge is 2.42. The number of aliphatic hydroxyl groups is 2. The lowest BCUT2D eigenvalue weighted by molar-refractivity contribution is -0.0355. The van der Waals surface area contributed by atoms with Crippen LogP contribution in [-0.2, 0) is 4.74 Å². The minimum Gasteiger partial charge on any atom is -0.459 e. The molecule has 2 aromatic rings. The number of aliphatic hydroxyl groups excluding tert-OH is 2. The topological polar surface area (TPSA) is 127 Å². The summed E-state index contributed by atoms with van der Waals surface area (Å²) in [7, 11) is 0. The smallest absolute Gasteiger partial charge is 0.351 e. The normalized spacial score (nSPS) is 26.5. The minimum absolute atomic E-state index is 0.0770. The van der Waals surface area contributed by atoms with E-state index in [1.165, 1.54) is 25.3 Å². The van der Waals surface area contributed by atoms with Gasteiger partial charge in [0.25, 0.3) is 5.91 Å². The molecule has 128 valence electrons. The van der Waals surface area contributed by atoms with Crippen LogP contribution in [0.2, 0.25) is 0 Å². The number of halogens is 1. The first-order valence-electron chi connectivity index (χ1n) is 7.03. The van der Waals surface area contributed by atoms with Gasteiger partial charge in [-0.25, -0.2) is 9.18 Å². The summed E-state index contributed by atoms with van der Waals surface area (Å²) in [4.78, 5) is 27.3. The van der Waals surface area contributed by atoms with E-state index < -0.39 is 47.8 Å². The van der Waals surface area contributed by atoms with Crippen LogP contribution in [0.5, 0.6) is 0 Å². The number of amides is 1. The summed E-state index contributed by atoms with van der Waals surface area (Å²) in [5.74, 6) is -2.45. The summed E-state index contributed by atoms with van der Waals surface area (Å²) in [5, 5.41) is 21.6. The van der Waals surface area contributed by atoms with Crippen LogP contribution in [0.3, 0.4) is 0 Å². The average Bonchev–Trinajstić information content (AvgIpc) is 3.16. The van der Waals surface area contributed by atoms with Crippen molar-refractivity contribution < 1.29 is 28.6 Å². The van der Waals surface area contributed by atoms with E-state index >= 15 is 0 Å². The van der Waals surface area contributed by atoms with Crippen LogP contribution in [0.15, 0.2) is 33.8 Å². The monoisotopic (exact) mass is 339 g/mol. The third-order valence-electron chi connectivity index (χ3n) is 3.64. The Morgan fingerprint density at radius 1 is 1.42 bits per heavy atom. The molecule has 3 rings (SSSR count). The van der Waals surface area contributed by atoms with E-state index in [4.69, 9.17) is 9.15 Å². The molecule has 0 radical (unpaired) electrons. The first kappa shape index (κ1) is 16.3. The standard InChI is InChI=1S/C14H14FN3O6/c1-6-9(19)10(20)13(24-6)18-5-7(15)11(17-14(18)22)16-12(21)8-3-2-4-23-8/h2-6,9-10,13,19-20H,1H3,(H,16,17,21,22)/t6-,9?,10?,13-/m1/s1. The summed E-state index contributed by atoms with van der Waals surface area (Å²) in [6.07, 6.45) is -2.64. The van der Waals surface area contributed by atoms with Crippen molar-refractivity contribution in [1.82, 2.24) is 9.55 Å². The Morgan fingerprint density at radius 2 is 2.17 bits per heavy atom. The maximum Gasteiger partial charge on any atom is 0.351 e. The molecule has 1 saturated heterocycles. The molecule has 1 amide bonds. The Kier molecular flexibility index (Phi) is 4.18. The first-order valence-corrected chi connectivity index (χ1v) is 7.03. The molecule has 1 fully saturated rings. The number of rotatable bonds is 3. The van der Waals surface area contributed by atoms with Crippen LogP contribution >= 0.6 is 0 Å². The second kappa shape index (κ2) is 6.15. The fourth-order valence-electron chi connectivity index (χ4n) is 2.35. The zero-order valence-corrected chi connectivity index (χ0v) is 12.4. The Hall–Kier alpha value is -2.56. The Labute approximate surface area is 134 Å². The average molecular weight is 339 g/mol. The fourth-order valence-corrected chi connectivity index (χ4v) is 2.35. The molecule has 0 aromatic carbocycles. The summed E-state index contributed by atoms with van der Waals surface area (Å²) in [6.45, 7) is 1.50. The quantitative estimate of drug-likeness (QED) is 0.711. The molecular formula is C14H14FN3O6. The summed E-state index contributed by atoms with van der Waals surface area (Å²) >= 11 is 0. The van der Waals surface area contributed by atoms with E-state index in [2.05, 4.69) is 10.3 Å². The number of anilines is 1. The molecular weight excluding hydrogens is 325 g/mol. The molecule has 2 aromatic heterocycles. The predicted octanol–water partition coefficient (Wildman–Crippen LogP) is -0.133. The number of carbonyl (C=O) groups excluding carboxylic acids is 1. The van der Waals surface area contributed by atoms with E-state index in [1.807, 2.05) is 0 Å². The fraction of sp³-hybridized carbons (Fsp3) is 0.357. The number of nitrogens with zero attached hydrogens (tertiary/aromatic N) is 2. The van der Waals surface area contributed by atoms with Crippen molar-refractivity contribution in [2.75, 3.05) is 5.32 Å². The van der Waals surface area contributed by atoms with Gasteiger partial charge in [0, 0.05) is 0 Å². The molecule has 0 spiro atoms. The van der Waals surface area contributed by atoms with Gasteiger partial charge in [-0.3, -0.25) is 9.36 Å². The maximum absolute atomic E-state index is 14.1. The van der Waals surface area contributed by atoms with Gasteiger partial charge in [-0.15, -0.1) is 0 Å². The number of carbonyl (C=O) groups is 1. The lowest BCUT2D eigenvalue weighted by Crippen LogP contribution is -2.36. The minimum atomic E-state index is -1.41. The van der Waals surface area contributed by atoms with Crippen molar-refractivity contribution >= 4 is 11.7 Å². The number of hydrogen-bond donors (Lipinski definition) is 3. The zero-order chi connectivity index (χ0) is 17.4. The number of furan rings is 1. The summed E-state index contributed by atoms with van der Waals surface area (Å²) < 4.78 is 25.0. The molecule has 2 unspecified atom stereocenters. The molecule has 3 N–H and O–H groups in total. The number of ether oxygens (including phenoxy) is 1. The molecule has 4 atom stereocenters. The van der Waals surface area contributed by atoms with Gasteiger partial charge in [-0.05, 0) is 19.1 Å². The van der Waals surface area contributed by atoms with Crippen molar-refractivity contribution in [3.05, 3.63) is 46.7 Å². The summed E-state index contributed by atoms with van der Waals surface area (Å²) in [5.41, 5.74) is -0.962. The molecule has 0 aliphatic carbocycles. The third kappa shape index (κ3) is 2.82. The number of nitrogens with one attached hydrogen (secondary N) is 1. The van der Waals surface area contributed by atoms with Crippen LogP contribution in [-0.4, -0.2) is 44.0 Å². The van der Waals surface area contributed by atoms with Crippen LogP contribution in [0.25, 0.3) is 0 Å². The van der Waals surface area contributed by atoms with Crippen LogP contribution in [0.1, 0.15) is 23.7 Å². The predicted molar refractivity (Wildman–Crippen MR) is 76.7 cm³/mol. The van der Waals surface area contributed by atoms with Crippen molar-refractivity contribution in [3.63, 3.8) is 0 Å². The lowest BCUT2D eigenvalue weighted by Gasteiger charge is -2.17. The SMILES string of the molecule is C[C@H]1O[C@@H](n2cc(F)c(NC(=O)c3ccco3)nc2=O)C(O)C1O. The van der Waals surface area contributed by atoms with E-state index in [9.17, 15) is 24.2 Å². The molecule has 0 bridgehead atoms. The Balaban J connectivity index is 1.87. The highest BCUT2D eigenvalue weighted by molar-refractivity contribution is 6.01. The third-order valence-corrected chi connectivity index (χ3v) is 3.64. The highest BCUT2D eigenvalue weighted by Crippen LogP contribution is 2.28. The molecule has 1 aliphatic rings. The maximum atomic E-state index is 14.1. The summed E-state index contributed by atoms with van der Waals surface area (Å²) in [6, 6.07) is 2.84. The Bertz CT molecular complexity index is 805. The molecule has 3 heterocycles. The van der Waals surface area contributed by atoms with E-state index in [-0.39, 0.29) is 5.76 Å². The van der Waals surface area contributed by atoms with Gasteiger partial charge in [-0.1, -0.05) is 0 Å². The van der Waals surface area contributed by atoms with Gasteiger partial charge in [0.05, 0.1) is 18.6 Å². The molecule has 1 aliphatic heterocycles. The number of hydrogen-bond acceptors (Lipinski definition) is 7. The highest BCUT2D eigenvalue weighted by atomic mass is 19.1. The van der Waals surface area contributed by atoms with Crippen molar-refractivity contribution in [2.45, 2.75) is 31.5 Å². The van der Waals surface area contributed by atoms with Crippen molar-refractivity contribution in [1.29, 1.82) is 0 Å². The largest absolute Gasteiger partial charge is 0.459 e.